The summed E-state index contributed by atoms with van der Waals surface area (Å²) in [6.45, 7) is 9.59. The molecular formula is C16H25BrN2. The highest BCUT2D eigenvalue weighted by molar-refractivity contribution is 9.10. The molecule has 2 rings (SSSR count). The van der Waals surface area contributed by atoms with Crippen LogP contribution in [0.4, 0.5) is 5.69 Å². The van der Waals surface area contributed by atoms with Crippen molar-refractivity contribution in [3.63, 3.8) is 0 Å². The second kappa shape index (κ2) is 5.45. The van der Waals surface area contributed by atoms with E-state index in [1.54, 1.807) is 0 Å². The number of hydrogen-bond acceptors (Lipinski definition) is 2. The standard InChI is InChI=1S/C16H25BrN2/c1-10(2)13-7-16(8-13,9-18)19-14-5-11(3)15(17)12(4)6-14/h5-6,10,13,19H,7-9,18H2,1-4H3. The zero-order valence-electron chi connectivity index (χ0n) is 12.4. The van der Waals surface area contributed by atoms with Gasteiger partial charge in [-0.05, 0) is 61.8 Å². The van der Waals surface area contributed by atoms with Crippen LogP contribution in [0.1, 0.15) is 37.8 Å². The maximum Gasteiger partial charge on any atom is 0.0501 e. The second-order valence-electron chi connectivity index (χ2n) is 6.45. The average Bonchev–Trinajstić information content (AvgIpc) is 2.29. The van der Waals surface area contributed by atoms with Gasteiger partial charge in [0, 0.05) is 16.7 Å². The van der Waals surface area contributed by atoms with Gasteiger partial charge in [-0.25, -0.2) is 0 Å². The van der Waals surface area contributed by atoms with Crippen LogP contribution in [-0.2, 0) is 0 Å². The summed E-state index contributed by atoms with van der Waals surface area (Å²) in [7, 11) is 0. The Hall–Kier alpha value is -0.540. The molecule has 1 aromatic rings. The Morgan fingerprint density at radius 2 is 1.84 bits per heavy atom. The molecule has 2 nitrogen and oxygen atoms in total. The van der Waals surface area contributed by atoms with Crippen molar-refractivity contribution >= 4 is 21.6 Å². The Labute approximate surface area is 125 Å². The number of halogens is 1. The van der Waals surface area contributed by atoms with E-state index in [1.165, 1.54) is 34.1 Å². The summed E-state index contributed by atoms with van der Waals surface area (Å²) in [5, 5.41) is 3.69. The fourth-order valence-corrected chi connectivity index (χ4v) is 3.29. The highest BCUT2D eigenvalue weighted by Crippen LogP contribution is 2.44. The first-order chi connectivity index (χ1) is 8.87. The van der Waals surface area contributed by atoms with Crippen molar-refractivity contribution in [2.45, 2.75) is 46.1 Å². The van der Waals surface area contributed by atoms with E-state index in [0.717, 1.165) is 11.8 Å². The van der Waals surface area contributed by atoms with Crippen LogP contribution < -0.4 is 11.1 Å². The molecule has 0 bridgehead atoms. The molecule has 106 valence electrons. The number of nitrogens with one attached hydrogen (secondary N) is 1. The van der Waals surface area contributed by atoms with Crippen LogP contribution in [0, 0.1) is 25.7 Å². The Morgan fingerprint density at radius 3 is 2.26 bits per heavy atom. The molecule has 0 atom stereocenters. The molecule has 0 amide bonds. The van der Waals surface area contributed by atoms with Gasteiger partial charge in [0.25, 0.3) is 0 Å². The number of aryl methyl sites for hydroxylation is 2. The highest BCUT2D eigenvalue weighted by Gasteiger charge is 2.44. The van der Waals surface area contributed by atoms with Crippen molar-refractivity contribution in [3.8, 4) is 0 Å². The maximum absolute atomic E-state index is 6.01. The number of rotatable bonds is 4. The van der Waals surface area contributed by atoms with Crippen LogP contribution in [-0.4, -0.2) is 12.1 Å². The van der Waals surface area contributed by atoms with E-state index < -0.39 is 0 Å². The third-order valence-corrected chi connectivity index (χ3v) is 5.74. The molecule has 0 heterocycles. The molecule has 0 spiro atoms. The first-order valence-corrected chi connectivity index (χ1v) is 7.91. The average molecular weight is 325 g/mol. The van der Waals surface area contributed by atoms with Gasteiger partial charge < -0.3 is 11.1 Å². The molecule has 0 aromatic heterocycles. The predicted molar refractivity (Wildman–Crippen MR) is 86.6 cm³/mol. The zero-order chi connectivity index (χ0) is 14.2. The van der Waals surface area contributed by atoms with Crippen LogP contribution in [0.15, 0.2) is 16.6 Å². The van der Waals surface area contributed by atoms with E-state index in [0.29, 0.717) is 6.54 Å². The topological polar surface area (TPSA) is 38.0 Å². The fraction of sp³-hybridized carbons (Fsp3) is 0.625. The normalized spacial score (nSPS) is 26.4. The predicted octanol–water partition coefficient (Wildman–Crippen LogP) is 4.24. The minimum Gasteiger partial charge on any atom is -0.378 e. The van der Waals surface area contributed by atoms with Gasteiger partial charge in [0.2, 0.25) is 0 Å². The van der Waals surface area contributed by atoms with Gasteiger partial charge in [-0.3, -0.25) is 0 Å². The molecule has 3 N–H and O–H groups in total. The molecule has 0 unspecified atom stereocenters. The lowest BCUT2D eigenvalue weighted by Gasteiger charge is -2.50. The monoisotopic (exact) mass is 324 g/mol. The van der Waals surface area contributed by atoms with E-state index >= 15 is 0 Å². The molecule has 1 aliphatic carbocycles. The third kappa shape index (κ3) is 2.97. The lowest BCUT2D eigenvalue weighted by Crippen LogP contribution is -2.56. The van der Waals surface area contributed by atoms with Gasteiger partial charge in [0.15, 0.2) is 0 Å². The van der Waals surface area contributed by atoms with E-state index in [-0.39, 0.29) is 5.54 Å². The van der Waals surface area contributed by atoms with Crippen molar-refractivity contribution in [1.82, 2.24) is 0 Å². The third-order valence-electron chi connectivity index (χ3n) is 4.49. The SMILES string of the molecule is Cc1cc(NC2(CN)CC(C(C)C)C2)cc(C)c1Br. The number of hydrogen-bond donors (Lipinski definition) is 2. The van der Waals surface area contributed by atoms with Crippen LogP contribution >= 0.6 is 15.9 Å². The smallest absolute Gasteiger partial charge is 0.0501 e. The minimum absolute atomic E-state index is 0.113. The van der Waals surface area contributed by atoms with Gasteiger partial charge in [-0.2, -0.15) is 0 Å². The Balaban J connectivity index is 2.12. The Morgan fingerprint density at radius 1 is 1.32 bits per heavy atom. The summed E-state index contributed by atoms with van der Waals surface area (Å²) in [6.07, 6.45) is 2.38. The molecule has 0 aliphatic heterocycles. The molecule has 1 saturated carbocycles. The number of anilines is 1. The van der Waals surface area contributed by atoms with E-state index in [2.05, 4.69) is 61.1 Å². The van der Waals surface area contributed by atoms with E-state index in [1.807, 2.05) is 0 Å². The fourth-order valence-electron chi connectivity index (χ4n) is 3.06. The van der Waals surface area contributed by atoms with E-state index in [4.69, 9.17) is 5.73 Å². The number of nitrogens with two attached hydrogens (primary N) is 1. The Kier molecular flexibility index (Phi) is 4.26. The summed E-state index contributed by atoms with van der Waals surface area (Å²) >= 11 is 3.62. The quantitative estimate of drug-likeness (QED) is 0.869. The highest BCUT2D eigenvalue weighted by atomic mass is 79.9. The van der Waals surface area contributed by atoms with Gasteiger partial charge >= 0.3 is 0 Å². The second-order valence-corrected chi connectivity index (χ2v) is 7.24. The summed E-state index contributed by atoms with van der Waals surface area (Å²) in [6, 6.07) is 4.41. The summed E-state index contributed by atoms with van der Waals surface area (Å²) < 4.78 is 1.20. The van der Waals surface area contributed by atoms with Crippen molar-refractivity contribution in [2.24, 2.45) is 17.6 Å². The van der Waals surface area contributed by atoms with Crippen LogP contribution in [0.25, 0.3) is 0 Å². The molecule has 19 heavy (non-hydrogen) atoms. The van der Waals surface area contributed by atoms with Gasteiger partial charge in [-0.1, -0.05) is 29.8 Å². The Bertz CT molecular complexity index is 439. The molecule has 1 aromatic carbocycles. The molecule has 1 fully saturated rings. The molecular weight excluding hydrogens is 300 g/mol. The lowest BCUT2D eigenvalue weighted by atomic mass is 9.64. The summed E-state index contributed by atoms with van der Waals surface area (Å²) in [5.41, 5.74) is 9.87. The number of benzene rings is 1. The zero-order valence-corrected chi connectivity index (χ0v) is 14.0. The molecule has 0 radical (unpaired) electrons. The van der Waals surface area contributed by atoms with Crippen molar-refractivity contribution in [3.05, 3.63) is 27.7 Å². The van der Waals surface area contributed by atoms with Crippen LogP contribution in [0.3, 0.4) is 0 Å². The van der Waals surface area contributed by atoms with Crippen molar-refractivity contribution in [1.29, 1.82) is 0 Å². The van der Waals surface area contributed by atoms with Crippen LogP contribution in [0.2, 0.25) is 0 Å². The first kappa shape index (κ1) is 14.9. The van der Waals surface area contributed by atoms with E-state index in [9.17, 15) is 0 Å². The van der Waals surface area contributed by atoms with Gasteiger partial charge in [-0.15, -0.1) is 0 Å². The largest absolute Gasteiger partial charge is 0.378 e. The molecule has 1 aliphatic rings. The van der Waals surface area contributed by atoms with Gasteiger partial charge in [0.1, 0.15) is 0 Å². The minimum atomic E-state index is 0.113. The van der Waals surface area contributed by atoms with Crippen molar-refractivity contribution < 1.29 is 0 Å². The molecule has 3 heteroatoms. The first-order valence-electron chi connectivity index (χ1n) is 7.12. The summed E-state index contributed by atoms with van der Waals surface area (Å²) in [4.78, 5) is 0. The van der Waals surface area contributed by atoms with Crippen molar-refractivity contribution in [2.75, 3.05) is 11.9 Å². The van der Waals surface area contributed by atoms with Crippen LogP contribution in [0.5, 0.6) is 0 Å². The lowest BCUT2D eigenvalue weighted by molar-refractivity contribution is 0.130. The maximum atomic E-state index is 6.01. The summed E-state index contributed by atoms with van der Waals surface area (Å²) in [5.74, 6) is 1.57. The molecule has 0 saturated heterocycles. The van der Waals surface area contributed by atoms with Gasteiger partial charge in [0.05, 0.1) is 5.54 Å².